The molecule has 2 aromatic rings. The van der Waals surface area contributed by atoms with Crippen LogP contribution in [0, 0.1) is 11.8 Å². The SMILES string of the molecule is CCCCCOc1ccc(C2C(C(=O)OCC)=C(NCCCCNC3=C(C(=O)OCC)C(c4ccc(OCCCCC)cc4)C(C(=O)OCC)C(C)(O)C3)CC(C)(O)C2C(=O)OCC)cc1. The van der Waals surface area contributed by atoms with E-state index in [1.165, 1.54) is 0 Å². The summed E-state index contributed by atoms with van der Waals surface area (Å²) in [4.78, 5) is 55.2. The van der Waals surface area contributed by atoms with Crippen LogP contribution in [0.3, 0.4) is 0 Å². The number of carbonyl (C=O) groups excluding carboxylic acids is 4. The summed E-state index contributed by atoms with van der Waals surface area (Å²) in [5.74, 6) is -5.09. The zero-order valence-electron chi connectivity index (χ0n) is 40.6. The van der Waals surface area contributed by atoms with Crippen molar-refractivity contribution in [1.29, 1.82) is 0 Å². The van der Waals surface area contributed by atoms with Crippen LogP contribution in [-0.4, -0.2) is 98.0 Å². The van der Waals surface area contributed by atoms with Crippen molar-refractivity contribution in [2.24, 2.45) is 11.8 Å². The van der Waals surface area contributed by atoms with Gasteiger partial charge in [-0.05, 0) is 103 Å². The molecule has 366 valence electrons. The lowest BCUT2D eigenvalue weighted by atomic mass is 9.65. The number of hydrogen-bond donors (Lipinski definition) is 4. The van der Waals surface area contributed by atoms with Crippen molar-refractivity contribution in [3.8, 4) is 11.5 Å². The second-order valence-electron chi connectivity index (χ2n) is 17.5. The van der Waals surface area contributed by atoms with Gasteiger partial charge in [0.25, 0.3) is 0 Å². The lowest BCUT2D eigenvalue weighted by Crippen LogP contribution is -2.50. The maximum Gasteiger partial charge on any atom is 0.336 e. The number of ether oxygens (including phenoxy) is 6. The molecule has 4 N–H and O–H groups in total. The van der Waals surface area contributed by atoms with E-state index < -0.39 is 58.8 Å². The molecule has 6 atom stereocenters. The molecule has 0 fully saturated rings. The zero-order valence-corrected chi connectivity index (χ0v) is 40.6. The molecule has 6 unspecified atom stereocenters. The van der Waals surface area contributed by atoms with Gasteiger partial charge >= 0.3 is 23.9 Å². The third-order valence-corrected chi connectivity index (χ3v) is 12.2. The molecular weight excluding hydrogens is 845 g/mol. The molecule has 0 heterocycles. The van der Waals surface area contributed by atoms with Gasteiger partial charge in [0.2, 0.25) is 0 Å². The van der Waals surface area contributed by atoms with E-state index in [4.69, 9.17) is 28.4 Å². The third kappa shape index (κ3) is 14.2. The molecule has 66 heavy (non-hydrogen) atoms. The van der Waals surface area contributed by atoms with Crippen LogP contribution >= 0.6 is 0 Å². The number of benzene rings is 2. The van der Waals surface area contributed by atoms with Crippen molar-refractivity contribution >= 4 is 23.9 Å². The molecular formula is C52H76N2O12. The van der Waals surface area contributed by atoms with E-state index >= 15 is 0 Å². The van der Waals surface area contributed by atoms with Crippen LogP contribution in [0.2, 0.25) is 0 Å². The molecule has 0 spiro atoms. The summed E-state index contributed by atoms with van der Waals surface area (Å²) in [7, 11) is 0. The predicted molar refractivity (Wildman–Crippen MR) is 252 cm³/mol. The molecule has 0 saturated carbocycles. The number of unbranched alkanes of at least 4 members (excludes halogenated alkanes) is 5. The molecule has 0 amide bonds. The van der Waals surface area contributed by atoms with Gasteiger partial charge in [-0.25, -0.2) is 9.59 Å². The van der Waals surface area contributed by atoms with E-state index in [9.17, 15) is 29.4 Å². The Balaban J connectivity index is 1.62. The minimum absolute atomic E-state index is 0.0299. The van der Waals surface area contributed by atoms with Crippen molar-refractivity contribution in [2.45, 2.75) is 143 Å². The third-order valence-electron chi connectivity index (χ3n) is 12.2. The second kappa shape index (κ2) is 26.3. The minimum atomic E-state index is -1.60. The van der Waals surface area contributed by atoms with E-state index in [0.29, 0.717) is 73.2 Å². The molecule has 2 aliphatic rings. The highest BCUT2D eigenvalue weighted by molar-refractivity contribution is 5.94. The Bertz CT molecular complexity index is 1800. The van der Waals surface area contributed by atoms with E-state index in [2.05, 4.69) is 24.5 Å². The lowest BCUT2D eigenvalue weighted by Gasteiger charge is -2.43. The smallest absolute Gasteiger partial charge is 0.336 e. The van der Waals surface area contributed by atoms with Crippen molar-refractivity contribution in [1.82, 2.24) is 10.6 Å². The highest BCUT2D eigenvalue weighted by Gasteiger charge is 2.54. The molecule has 0 bridgehead atoms. The molecule has 14 nitrogen and oxygen atoms in total. The Morgan fingerprint density at radius 2 is 0.879 bits per heavy atom. The van der Waals surface area contributed by atoms with Gasteiger partial charge < -0.3 is 49.3 Å². The highest BCUT2D eigenvalue weighted by Crippen LogP contribution is 2.49. The van der Waals surface area contributed by atoms with Crippen LogP contribution in [0.1, 0.15) is 143 Å². The zero-order chi connectivity index (χ0) is 48.3. The number of esters is 4. The highest BCUT2D eigenvalue weighted by atomic mass is 16.5. The van der Waals surface area contributed by atoms with E-state index in [0.717, 1.165) is 38.5 Å². The quantitative estimate of drug-likeness (QED) is 0.0384. The van der Waals surface area contributed by atoms with Crippen LogP contribution in [-0.2, 0) is 38.1 Å². The molecule has 14 heteroatoms. The Morgan fingerprint density at radius 3 is 1.20 bits per heavy atom. The summed E-state index contributed by atoms with van der Waals surface area (Å²) in [6.07, 6.45) is 7.20. The summed E-state index contributed by atoms with van der Waals surface area (Å²) in [6, 6.07) is 14.5. The van der Waals surface area contributed by atoms with Gasteiger partial charge in [-0.15, -0.1) is 0 Å². The average Bonchev–Trinajstić information content (AvgIpc) is 3.27. The van der Waals surface area contributed by atoms with Crippen LogP contribution in [0.25, 0.3) is 0 Å². The molecule has 0 radical (unpaired) electrons. The Morgan fingerprint density at radius 1 is 0.530 bits per heavy atom. The van der Waals surface area contributed by atoms with Gasteiger partial charge in [0.15, 0.2) is 0 Å². The lowest BCUT2D eigenvalue weighted by molar-refractivity contribution is -0.161. The number of nitrogens with one attached hydrogen (secondary N) is 2. The summed E-state index contributed by atoms with van der Waals surface area (Å²) >= 11 is 0. The van der Waals surface area contributed by atoms with Crippen LogP contribution in [0.5, 0.6) is 11.5 Å². The fourth-order valence-corrected chi connectivity index (χ4v) is 9.10. The van der Waals surface area contributed by atoms with Gasteiger partial charge in [0, 0.05) is 49.2 Å². The minimum Gasteiger partial charge on any atom is -0.494 e. The molecule has 2 aromatic carbocycles. The number of rotatable bonds is 27. The van der Waals surface area contributed by atoms with Crippen molar-refractivity contribution in [3.63, 3.8) is 0 Å². The van der Waals surface area contributed by atoms with Crippen LogP contribution in [0.15, 0.2) is 71.1 Å². The summed E-state index contributed by atoms with van der Waals surface area (Å²) in [5.41, 5.74) is -0.490. The topological polar surface area (TPSA) is 188 Å². The van der Waals surface area contributed by atoms with Crippen LogP contribution in [0.4, 0.5) is 0 Å². The van der Waals surface area contributed by atoms with Gasteiger partial charge in [-0.3, -0.25) is 9.59 Å². The van der Waals surface area contributed by atoms with Crippen molar-refractivity contribution < 1.29 is 57.8 Å². The molecule has 0 saturated heterocycles. The van der Waals surface area contributed by atoms with E-state index in [1.807, 2.05) is 48.5 Å². The first kappa shape index (κ1) is 53.5. The molecule has 4 rings (SSSR count). The Labute approximate surface area is 392 Å². The van der Waals surface area contributed by atoms with Gasteiger partial charge in [-0.2, -0.15) is 0 Å². The van der Waals surface area contributed by atoms with Gasteiger partial charge in [0.1, 0.15) is 11.5 Å². The first-order chi connectivity index (χ1) is 31.7. The van der Waals surface area contributed by atoms with Gasteiger partial charge in [-0.1, -0.05) is 63.8 Å². The van der Waals surface area contributed by atoms with Crippen molar-refractivity contribution in [3.05, 3.63) is 82.2 Å². The summed E-state index contributed by atoms with van der Waals surface area (Å²) in [5, 5.41) is 30.8. The van der Waals surface area contributed by atoms with E-state index in [-0.39, 0.29) is 50.4 Å². The average molecular weight is 921 g/mol. The fraction of sp³-hybridized carbons (Fsp3) is 0.615. The van der Waals surface area contributed by atoms with Crippen molar-refractivity contribution in [2.75, 3.05) is 52.7 Å². The number of carbonyl (C=O) groups is 4. The molecule has 0 aromatic heterocycles. The Kier molecular flexibility index (Phi) is 21.3. The predicted octanol–water partition coefficient (Wildman–Crippen LogP) is 7.95. The van der Waals surface area contributed by atoms with Gasteiger partial charge in [0.05, 0.1) is 73.8 Å². The Hall–Kier alpha value is -5.08. The first-order valence-electron chi connectivity index (χ1n) is 24.2. The van der Waals surface area contributed by atoms with Crippen LogP contribution < -0.4 is 20.1 Å². The fourth-order valence-electron chi connectivity index (χ4n) is 9.10. The monoisotopic (exact) mass is 921 g/mol. The maximum atomic E-state index is 13.9. The summed E-state index contributed by atoms with van der Waals surface area (Å²) < 4.78 is 34.1. The van der Waals surface area contributed by atoms with E-state index in [1.54, 1.807) is 41.5 Å². The number of aliphatic hydroxyl groups is 2. The number of hydrogen-bond acceptors (Lipinski definition) is 14. The maximum absolute atomic E-state index is 13.9. The largest absolute Gasteiger partial charge is 0.494 e. The standard InChI is InChI=1S/C52H76N2O12/c1-9-15-19-31-65-37-25-21-35(22-26-37)41-43(47(55)61-11-3)39(33-51(7,59)45(41)49(57)63-13-5)53-29-17-18-30-54-40-34-52(8,60)46(50(58)64-14-6)42(44(40)48(56)62-12-4)36-23-27-38(28-24-36)66-32-20-16-10-2/h21-28,41-42,45-46,53-54,59-60H,9-20,29-34H2,1-8H3. The molecule has 2 aliphatic carbocycles. The normalized spacial score (nSPS) is 22.9. The second-order valence-corrected chi connectivity index (χ2v) is 17.5. The summed E-state index contributed by atoms with van der Waals surface area (Å²) in [6.45, 7) is 16.6. The molecule has 0 aliphatic heterocycles. The first-order valence-corrected chi connectivity index (χ1v) is 24.2.